The molecule has 2 N–H and O–H groups in total. The van der Waals surface area contributed by atoms with Gasteiger partial charge in [0.25, 0.3) is 0 Å². The number of benzene rings is 1. The number of nitriles is 1. The van der Waals surface area contributed by atoms with Crippen molar-refractivity contribution in [1.29, 1.82) is 5.26 Å². The number of aliphatic hydroxyl groups is 1. The van der Waals surface area contributed by atoms with Crippen molar-refractivity contribution >= 4 is 0 Å². The number of rotatable bonds is 4. The topological polar surface area (TPSA) is 71.8 Å². The van der Waals surface area contributed by atoms with Crippen molar-refractivity contribution in [2.75, 3.05) is 27.7 Å². The Morgan fingerprint density at radius 1 is 1.28 bits per heavy atom. The average molecular weight is 344 g/mol. The number of nitrogens with one attached hydrogen (secondary N) is 1. The molecule has 2 aliphatic rings. The lowest BCUT2D eigenvalue weighted by atomic mass is 9.72. The van der Waals surface area contributed by atoms with Gasteiger partial charge in [-0.3, -0.25) is 15.1 Å². The van der Waals surface area contributed by atoms with Crippen molar-refractivity contribution in [2.45, 2.75) is 49.7 Å². The summed E-state index contributed by atoms with van der Waals surface area (Å²) in [4.78, 5) is 4.11. The minimum atomic E-state index is -0.643. The predicted molar refractivity (Wildman–Crippen MR) is 95.8 cm³/mol. The fraction of sp³-hybridized carbons (Fsp3) is 0.632. The summed E-state index contributed by atoms with van der Waals surface area (Å²) in [6.07, 6.45) is 2.80. The quantitative estimate of drug-likeness (QED) is 0.863. The van der Waals surface area contributed by atoms with E-state index in [1.165, 1.54) is 0 Å². The molecular formula is C19H28N4O2. The molecule has 25 heavy (non-hydrogen) atoms. The fourth-order valence-electron chi connectivity index (χ4n) is 4.10. The molecule has 1 spiro atoms. The summed E-state index contributed by atoms with van der Waals surface area (Å²) in [6.45, 7) is 1.49. The highest BCUT2D eigenvalue weighted by Gasteiger charge is 2.49. The van der Waals surface area contributed by atoms with Gasteiger partial charge in [0.15, 0.2) is 6.35 Å². The molecular weight excluding hydrogens is 316 g/mol. The van der Waals surface area contributed by atoms with Crippen LogP contribution in [0.3, 0.4) is 0 Å². The molecule has 1 aromatic rings. The highest BCUT2D eigenvalue weighted by molar-refractivity contribution is 5.27. The van der Waals surface area contributed by atoms with Gasteiger partial charge >= 0.3 is 0 Å². The van der Waals surface area contributed by atoms with Gasteiger partial charge in [-0.1, -0.05) is 12.1 Å². The minimum absolute atomic E-state index is 0.0950. The summed E-state index contributed by atoms with van der Waals surface area (Å²) in [6, 6.07) is 10.5. The zero-order chi connectivity index (χ0) is 18.1. The molecule has 136 valence electrons. The van der Waals surface area contributed by atoms with Crippen LogP contribution in [0.25, 0.3) is 0 Å². The van der Waals surface area contributed by atoms with E-state index in [-0.39, 0.29) is 11.1 Å². The third-order valence-corrected chi connectivity index (χ3v) is 5.93. The molecule has 1 aromatic carbocycles. The van der Waals surface area contributed by atoms with E-state index < -0.39 is 6.35 Å². The summed E-state index contributed by atoms with van der Waals surface area (Å²) < 4.78 is 5.19. The largest absolute Gasteiger partial charge is 0.497 e. The Balaban J connectivity index is 1.64. The van der Waals surface area contributed by atoms with Gasteiger partial charge in [-0.05, 0) is 57.5 Å². The number of ether oxygens (including phenoxy) is 1. The zero-order valence-corrected chi connectivity index (χ0v) is 15.3. The van der Waals surface area contributed by atoms with Gasteiger partial charge in [-0.25, -0.2) is 0 Å². The monoisotopic (exact) mass is 344 g/mol. The summed E-state index contributed by atoms with van der Waals surface area (Å²) in [5.74, 6) is 0.837. The Hall–Kier alpha value is -1.65. The van der Waals surface area contributed by atoms with Crippen LogP contribution in [0.5, 0.6) is 5.75 Å². The summed E-state index contributed by atoms with van der Waals surface area (Å²) in [7, 11) is 5.62. The van der Waals surface area contributed by atoms with Crippen LogP contribution in [0.4, 0.5) is 0 Å². The third kappa shape index (κ3) is 3.51. The van der Waals surface area contributed by atoms with Crippen LogP contribution in [-0.4, -0.2) is 60.1 Å². The molecule has 1 heterocycles. The normalized spacial score (nSPS) is 32.9. The first-order valence-electron chi connectivity index (χ1n) is 8.83. The van der Waals surface area contributed by atoms with E-state index in [1.54, 1.807) is 7.11 Å². The van der Waals surface area contributed by atoms with Gasteiger partial charge in [0, 0.05) is 18.6 Å². The number of methoxy groups -OCH3 is 1. The summed E-state index contributed by atoms with van der Waals surface area (Å²) in [5, 5.41) is 23.5. The highest BCUT2D eigenvalue weighted by Crippen LogP contribution is 2.40. The van der Waals surface area contributed by atoms with Gasteiger partial charge in [0.05, 0.1) is 13.2 Å². The molecule has 3 rings (SSSR count). The number of hydrogen-bond donors (Lipinski definition) is 2. The van der Waals surface area contributed by atoms with Gasteiger partial charge < -0.3 is 9.84 Å². The van der Waals surface area contributed by atoms with Gasteiger partial charge in [-0.15, -0.1) is 0 Å². The van der Waals surface area contributed by atoms with E-state index >= 15 is 0 Å². The van der Waals surface area contributed by atoms with Crippen LogP contribution in [0.1, 0.15) is 31.2 Å². The van der Waals surface area contributed by atoms with Gasteiger partial charge in [-0.2, -0.15) is 5.26 Å². The molecule has 6 heteroatoms. The molecule has 0 aromatic heterocycles. The minimum Gasteiger partial charge on any atom is -0.497 e. The fourth-order valence-corrected chi connectivity index (χ4v) is 4.10. The standard InChI is InChI=1S/C19H28N4O2/c1-22(2)19(13-20)10-8-18(9-11-19)14-23(17(24)21-18)12-15-4-6-16(25-3)7-5-15/h4-7,17,21,24H,8-12,14H2,1-3H3. The molecule has 0 radical (unpaired) electrons. The van der Waals surface area contributed by atoms with Crippen LogP contribution in [0.2, 0.25) is 0 Å². The van der Waals surface area contributed by atoms with Gasteiger partial charge in [0.1, 0.15) is 11.3 Å². The van der Waals surface area contributed by atoms with Crippen LogP contribution < -0.4 is 10.1 Å². The predicted octanol–water partition coefficient (Wildman–Crippen LogP) is 1.51. The number of nitrogens with zero attached hydrogens (tertiary/aromatic N) is 3. The van der Waals surface area contributed by atoms with Crippen molar-refractivity contribution in [1.82, 2.24) is 15.1 Å². The molecule has 6 nitrogen and oxygen atoms in total. The van der Waals surface area contributed by atoms with Crippen molar-refractivity contribution in [3.63, 3.8) is 0 Å². The summed E-state index contributed by atoms with van der Waals surface area (Å²) >= 11 is 0. The van der Waals surface area contributed by atoms with Gasteiger partial charge in [0.2, 0.25) is 0 Å². The van der Waals surface area contributed by atoms with Crippen molar-refractivity contribution < 1.29 is 9.84 Å². The molecule has 0 amide bonds. The highest BCUT2D eigenvalue weighted by atomic mass is 16.5. The average Bonchev–Trinajstić information content (AvgIpc) is 2.91. The number of aliphatic hydroxyl groups excluding tert-OH is 1. The summed E-state index contributed by atoms with van der Waals surface area (Å²) in [5.41, 5.74) is 0.679. The van der Waals surface area contributed by atoms with Crippen LogP contribution in [-0.2, 0) is 6.54 Å². The molecule has 1 saturated carbocycles. The Labute approximate surface area is 150 Å². The van der Waals surface area contributed by atoms with Crippen LogP contribution >= 0.6 is 0 Å². The Morgan fingerprint density at radius 2 is 1.92 bits per heavy atom. The lowest BCUT2D eigenvalue weighted by molar-refractivity contribution is 0.0141. The Morgan fingerprint density at radius 3 is 2.44 bits per heavy atom. The maximum atomic E-state index is 10.5. The molecule has 1 aliphatic carbocycles. The molecule has 1 atom stereocenters. The van der Waals surface area contributed by atoms with E-state index in [2.05, 4.69) is 16.3 Å². The maximum absolute atomic E-state index is 10.5. The van der Waals surface area contributed by atoms with E-state index in [0.29, 0.717) is 6.54 Å². The van der Waals surface area contributed by atoms with E-state index in [1.807, 2.05) is 43.3 Å². The second-order valence-corrected chi connectivity index (χ2v) is 7.59. The van der Waals surface area contributed by atoms with Crippen LogP contribution in [0, 0.1) is 11.3 Å². The second kappa shape index (κ2) is 6.93. The van der Waals surface area contributed by atoms with Crippen LogP contribution in [0.15, 0.2) is 24.3 Å². The third-order valence-electron chi connectivity index (χ3n) is 5.93. The first-order chi connectivity index (χ1) is 11.9. The Bertz CT molecular complexity index is 630. The van der Waals surface area contributed by atoms with Crippen molar-refractivity contribution in [3.05, 3.63) is 29.8 Å². The smallest absolute Gasteiger partial charge is 0.163 e. The second-order valence-electron chi connectivity index (χ2n) is 7.59. The first kappa shape index (κ1) is 18.2. The van der Waals surface area contributed by atoms with Crippen molar-refractivity contribution in [3.8, 4) is 11.8 Å². The molecule has 1 unspecified atom stereocenters. The van der Waals surface area contributed by atoms with Crippen molar-refractivity contribution in [2.24, 2.45) is 0 Å². The molecule has 1 saturated heterocycles. The molecule has 2 fully saturated rings. The van der Waals surface area contributed by atoms with E-state index in [4.69, 9.17) is 4.74 Å². The van der Waals surface area contributed by atoms with E-state index in [9.17, 15) is 10.4 Å². The molecule has 0 bridgehead atoms. The SMILES string of the molecule is COc1ccc(CN2CC3(CCC(C#N)(N(C)C)CC3)NC2O)cc1. The lowest BCUT2D eigenvalue weighted by Gasteiger charge is -2.44. The first-order valence-corrected chi connectivity index (χ1v) is 8.83. The maximum Gasteiger partial charge on any atom is 0.163 e. The lowest BCUT2D eigenvalue weighted by Crippen LogP contribution is -2.55. The van der Waals surface area contributed by atoms with E-state index in [0.717, 1.165) is 43.5 Å². The number of hydrogen-bond acceptors (Lipinski definition) is 6. The Kier molecular flexibility index (Phi) is 5.03. The zero-order valence-electron chi connectivity index (χ0n) is 15.3. The molecule has 1 aliphatic heterocycles.